The Hall–Kier alpha value is -2.86. The summed E-state index contributed by atoms with van der Waals surface area (Å²) in [6, 6.07) is 18.4. The molecule has 2 heterocycles. The van der Waals surface area contributed by atoms with Crippen LogP contribution < -0.4 is 10.1 Å². The van der Waals surface area contributed by atoms with Gasteiger partial charge in [-0.25, -0.2) is 4.39 Å². The van der Waals surface area contributed by atoms with Crippen molar-refractivity contribution in [3.05, 3.63) is 83.9 Å². The van der Waals surface area contributed by atoms with Crippen LogP contribution in [0.5, 0.6) is 5.75 Å². The number of nitrogens with one attached hydrogen (secondary N) is 1. The molecule has 3 aromatic rings. The van der Waals surface area contributed by atoms with Gasteiger partial charge in [-0.3, -0.25) is 0 Å². The molecule has 4 nitrogen and oxygen atoms in total. The average Bonchev–Trinajstić information content (AvgIpc) is 3.17. The standard InChI is InChI=1S/C21H20FN3OS/c1-26-19-7-3-2-5-17(19)23-21(27)25-14-13-24-12-4-6-18(24)20(25)15-8-10-16(22)11-9-15/h2-12,20H,13-14H2,1H3,(H,23,27)/t20-/m1/s1. The molecule has 6 heteroatoms. The van der Waals surface area contributed by atoms with Crippen LogP contribution in [0.25, 0.3) is 0 Å². The van der Waals surface area contributed by atoms with Crippen LogP contribution in [0.1, 0.15) is 17.3 Å². The lowest BCUT2D eigenvalue weighted by molar-refractivity contribution is 0.293. The van der Waals surface area contributed by atoms with Crippen LogP contribution in [0, 0.1) is 5.82 Å². The summed E-state index contributed by atoms with van der Waals surface area (Å²) in [4.78, 5) is 2.14. The molecule has 0 saturated heterocycles. The van der Waals surface area contributed by atoms with Gasteiger partial charge in [-0.1, -0.05) is 24.3 Å². The number of para-hydroxylation sites is 2. The highest BCUT2D eigenvalue weighted by Crippen LogP contribution is 2.33. The van der Waals surface area contributed by atoms with Crippen molar-refractivity contribution in [1.82, 2.24) is 9.47 Å². The highest BCUT2D eigenvalue weighted by atomic mass is 32.1. The van der Waals surface area contributed by atoms with Gasteiger partial charge in [-0.15, -0.1) is 0 Å². The number of aromatic nitrogens is 1. The molecule has 1 aliphatic heterocycles. The van der Waals surface area contributed by atoms with Gasteiger partial charge in [0.05, 0.1) is 18.8 Å². The number of benzene rings is 2. The smallest absolute Gasteiger partial charge is 0.174 e. The van der Waals surface area contributed by atoms with Crippen LogP contribution in [-0.2, 0) is 6.54 Å². The lowest BCUT2D eigenvalue weighted by Gasteiger charge is -2.39. The SMILES string of the molecule is COc1ccccc1NC(=S)N1CCn2cccc2[C@H]1c1ccc(F)cc1. The van der Waals surface area contributed by atoms with E-state index >= 15 is 0 Å². The van der Waals surface area contributed by atoms with Crippen molar-refractivity contribution in [3.63, 3.8) is 0 Å². The number of ether oxygens (including phenoxy) is 1. The van der Waals surface area contributed by atoms with Gasteiger partial charge in [0.1, 0.15) is 11.6 Å². The van der Waals surface area contributed by atoms with Gasteiger partial charge in [0.2, 0.25) is 0 Å². The molecule has 0 aliphatic carbocycles. The molecule has 0 radical (unpaired) electrons. The van der Waals surface area contributed by atoms with Crippen molar-refractivity contribution in [2.45, 2.75) is 12.6 Å². The van der Waals surface area contributed by atoms with Gasteiger partial charge >= 0.3 is 0 Å². The fourth-order valence-corrected chi connectivity index (χ4v) is 3.84. The first-order valence-corrected chi connectivity index (χ1v) is 9.19. The van der Waals surface area contributed by atoms with Gasteiger partial charge < -0.3 is 19.5 Å². The first-order valence-electron chi connectivity index (χ1n) is 8.78. The Kier molecular flexibility index (Phi) is 4.81. The maximum atomic E-state index is 13.4. The molecular formula is C21H20FN3OS. The molecule has 0 fully saturated rings. The quantitative estimate of drug-likeness (QED) is 0.680. The van der Waals surface area contributed by atoms with E-state index in [0.717, 1.165) is 35.8 Å². The Labute approximate surface area is 163 Å². The van der Waals surface area contributed by atoms with E-state index in [2.05, 4.69) is 27.0 Å². The minimum atomic E-state index is -0.244. The minimum Gasteiger partial charge on any atom is -0.495 e. The molecule has 0 amide bonds. The molecule has 0 unspecified atom stereocenters. The lowest BCUT2D eigenvalue weighted by Crippen LogP contribution is -2.44. The molecule has 4 rings (SSSR count). The highest BCUT2D eigenvalue weighted by molar-refractivity contribution is 7.80. The van der Waals surface area contributed by atoms with Crippen molar-refractivity contribution < 1.29 is 9.13 Å². The zero-order valence-electron chi connectivity index (χ0n) is 14.9. The lowest BCUT2D eigenvalue weighted by atomic mass is 10.0. The van der Waals surface area contributed by atoms with Gasteiger partial charge in [0.25, 0.3) is 0 Å². The number of hydrogen-bond acceptors (Lipinski definition) is 2. The number of nitrogens with zero attached hydrogens (tertiary/aromatic N) is 2. The van der Waals surface area contributed by atoms with Crippen LogP contribution in [0.3, 0.4) is 0 Å². The van der Waals surface area contributed by atoms with E-state index in [-0.39, 0.29) is 11.9 Å². The Morgan fingerprint density at radius 2 is 1.85 bits per heavy atom. The number of methoxy groups -OCH3 is 1. The van der Waals surface area contributed by atoms with Crippen LogP contribution in [0.2, 0.25) is 0 Å². The topological polar surface area (TPSA) is 29.4 Å². The highest BCUT2D eigenvalue weighted by Gasteiger charge is 2.30. The Morgan fingerprint density at radius 1 is 1.07 bits per heavy atom. The maximum Gasteiger partial charge on any atom is 0.174 e. The summed E-state index contributed by atoms with van der Waals surface area (Å²) in [6.07, 6.45) is 2.07. The predicted molar refractivity (Wildman–Crippen MR) is 109 cm³/mol. The Balaban J connectivity index is 1.68. The third kappa shape index (κ3) is 3.40. The summed E-state index contributed by atoms with van der Waals surface area (Å²) in [5.41, 5.74) is 2.96. The van der Waals surface area contributed by atoms with Crippen LogP contribution in [0.4, 0.5) is 10.1 Å². The number of hydrogen-bond donors (Lipinski definition) is 1. The number of halogens is 1. The number of fused-ring (bicyclic) bond motifs is 1. The van der Waals surface area contributed by atoms with E-state index in [1.54, 1.807) is 7.11 Å². The molecule has 2 aromatic carbocycles. The summed E-state index contributed by atoms with van der Waals surface area (Å²) in [6.45, 7) is 1.60. The maximum absolute atomic E-state index is 13.4. The van der Waals surface area contributed by atoms with Crippen molar-refractivity contribution in [3.8, 4) is 5.75 Å². The predicted octanol–water partition coefficient (Wildman–Crippen LogP) is 4.44. The molecule has 0 bridgehead atoms. The fraction of sp³-hybridized carbons (Fsp3) is 0.190. The number of anilines is 1. The third-order valence-corrected chi connectivity index (χ3v) is 5.17. The van der Waals surface area contributed by atoms with Gasteiger partial charge in [0, 0.05) is 25.0 Å². The molecule has 1 aliphatic rings. The average molecular weight is 381 g/mol. The van der Waals surface area contributed by atoms with E-state index in [0.29, 0.717) is 5.11 Å². The van der Waals surface area contributed by atoms with Gasteiger partial charge in [-0.05, 0) is 54.2 Å². The summed E-state index contributed by atoms with van der Waals surface area (Å²) in [5, 5.41) is 3.93. The minimum absolute atomic E-state index is 0.0796. The van der Waals surface area contributed by atoms with Crippen molar-refractivity contribution >= 4 is 23.0 Å². The first-order chi connectivity index (χ1) is 13.2. The van der Waals surface area contributed by atoms with E-state index < -0.39 is 0 Å². The molecular weight excluding hydrogens is 361 g/mol. The van der Waals surface area contributed by atoms with Crippen LogP contribution in [0.15, 0.2) is 66.9 Å². The normalized spacial score (nSPS) is 15.9. The van der Waals surface area contributed by atoms with E-state index in [1.165, 1.54) is 12.1 Å². The zero-order valence-corrected chi connectivity index (χ0v) is 15.7. The van der Waals surface area contributed by atoms with Crippen molar-refractivity contribution in [1.29, 1.82) is 0 Å². The zero-order chi connectivity index (χ0) is 18.8. The molecule has 1 N–H and O–H groups in total. The number of thiocarbonyl (C=S) groups is 1. The second-order valence-electron chi connectivity index (χ2n) is 6.40. The summed E-state index contributed by atoms with van der Waals surface area (Å²) in [7, 11) is 1.64. The molecule has 138 valence electrons. The van der Waals surface area contributed by atoms with Crippen molar-refractivity contribution in [2.24, 2.45) is 0 Å². The second-order valence-corrected chi connectivity index (χ2v) is 6.79. The molecule has 1 atom stereocenters. The number of rotatable bonds is 3. The third-order valence-electron chi connectivity index (χ3n) is 4.83. The van der Waals surface area contributed by atoms with Gasteiger partial charge in [0.15, 0.2) is 5.11 Å². The molecule has 0 spiro atoms. The summed E-state index contributed by atoms with van der Waals surface area (Å²) >= 11 is 5.75. The van der Waals surface area contributed by atoms with Gasteiger partial charge in [-0.2, -0.15) is 0 Å². The van der Waals surface area contributed by atoms with Crippen molar-refractivity contribution in [2.75, 3.05) is 19.0 Å². The fourth-order valence-electron chi connectivity index (χ4n) is 3.53. The Bertz CT molecular complexity index is 954. The second kappa shape index (κ2) is 7.40. The largest absolute Gasteiger partial charge is 0.495 e. The van der Waals surface area contributed by atoms with Crippen LogP contribution >= 0.6 is 12.2 Å². The monoisotopic (exact) mass is 381 g/mol. The van der Waals surface area contributed by atoms with E-state index in [4.69, 9.17) is 17.0 Å². The Morgan fingerprint density at radius 3 is 2.63 bits per heavy atom. The van der Waals surface area contributed by atoms with Crippen LogP contribution in [-0.4, -0.2) is 28.2 Å². The first kappa shape index (κ1) is 17.5. The summed E-state index contributed by atoms with van der Waals surface area (Å²) in [5.74, 6) is 0.491. The molecule has 0 saturated carbocycles. The van der Waals surface area contributed by atoms with E-state index in [1.807, 2.05) is 42.5 Å². The molecule has 27 heavy (non-hydrogen) atoms. The molecule has 1 aromatic heterocycles. The van der Waals surface area contributed by atoms with E-state index in [9.17, 15) is 4.39 Å². The summed E-state index contributed by atoms with van der Waals surface area (Å²) < 4.78 is 21.1.